The molecule has 1 aromatic carbocycles. The first-order valence-electron chi connectivity index (χ1n) is 6.96. The minimum absolute atomic E-state index is 0.00305. The average molecular weight is 299 g/mol. The lowest BCUT2D eigenvalue weighted by molar-refractivity contribution is -0.137. The highest BCUT2D eigenvalue weighted by Crippen LogP contribution is 2.09. The molecular weight excluding hydrogens is 282 g/mol. The Bertz CT molecular complexity index is 617. The molecule has 1 aromatic heterocycles. The monoisotopic (exact) mass is 299 g/mol. The minimum Gasteiger partial charge on any atom is -0.481 e. The Kier molecular flexibility index (Phi) is 5.59. The zero-order valence-corrected chi connectivity index (χ0v) is 12.0. The highest BCUT2D eigenvalue weighted by Gasteiger charge is 2.16. The molecule has 114 valence electrons. The number of hydrogen-bond donors (Lipinski definition) is 2. The van der Waals surface area contributed by atoms with Crippen LogP contribution in [0.25, 0.3) is 0 Å². The third-order valence-corrected chi connectivity index (χ3v) is 3.19. The Labute approximate surface area is 128 Å². The van der Waals surface area contributed by atoms with Gasteiger partial charge in [0.25, 0.3) is 5.91 Å². The summed E-state index contributed by atoms with van der Waals surface area (Å²) in [5, 5.41) is 11.7. The molecule has 1 amide bonds. The van der Waals surface area contributed by atoms with Crippen LogP contribution in [0.5, 0.6) is 0 Å². The molecule has 0 fully saturated rings. The Morgan fingerprint density at radius 1 is 1.14 bits per heavy atom. The summed E-state index contributed by atoms with van der Waals surface area (Å²) in [4.78, 5) is 30.5. The minimum atomic E-state index is -0.879. The quantitative estimate of drug-likeness (QED) is 0.811. The number of nitrogens with one attached hydrogen (secondary N) is 1. The van der Waals surface area contributed by atoms with Gasteiger partial charge in [-0.3, -0.25) is 9.59 Å². The van der Waals surface area contributed by atoms with Gasteiger partial charge in [0.15, 0.2) is 0 Å². The van der Waals surface area contributed by atoms with Gasteiger partial charge in [-0.25, -0.2) is 9.97 Å². The number of aromatic nitrogens is 2. The molecular formula is C16H17N3O3. The lowest BCUT2D eigenvalue weighted by Crippen LogP contribution is -2.37. The zero-order chi connectivity index (χ0) is 15.8. The van der Waals surface area contributed by atoms with E-state index in [-0.39, 0.29) is 18.4 Å². The van der Waals surface area contributed by atoms with Crippen molar-refractivity contribution < 1.29 is 14.7 Å². The van der Waals surface area contributed by atoms with Crippen LogP contribution in [0.4, 0.5) is 0 Å². The highest BCUT2D eigenvalue weighted by atomic mass is 16.4. The largest absolute Gasteiger partial charge is 0.481 e. The van der Waals surface area contributed by atoms with Gasteiger partial charge < -0.3 is 10.4 Å². The van der Waals surface area contributed by atoms with Gasteiger partial charge in [0, 0.05) is 24.9 Å². The predicted octanol–water partition coefficient (Wildman–Crippen LogP) is 1.68. The maximum Gasteiger partial charge on any atom is 0.303 e. The molecule has 0 aliphatic carbocycles. The van der Waals surface area contributed by atoms with E-state index in [1.165, 1.54) is 18.7 Å². The van der Waals surface area contributed by atoms with Crippen molar-refractivity contribution in [2.45, 2.75) is 25.3 Å². The number of carboxylic acid groups (broad SMARTS) is 1. The molecule has 0 saturated carbocycles. The number of nitrogens with zero attached hydrogens (tertiary/aromatic N) is 2. The summed E-state index contributed by atoms with van der Waals surface area (Å²) < 4.78 is 0. The van der Waals surface area contributed by atoms with E-state index < -0.39 is 5.97 Å². The van der Waals surface area contributed by atoms with E-state index in [1.807, 2.05) is 30.3 Å². The molecule has 0 aliphatic heterocycles. The number of carboxylic acids is 1. The molecule has 1 unspecified atom stereocenters. The number of amides is 1. The number of carbonyl (C=O) groups excluding carboxylic acids is 1. The highest BCUT2D eigenvalue weighted by molar-refractivity contribution is 5.93. The summed E-state index contributed by atoms with van der Waals surface area (Å²) in [5.74, 6) is -1.18. The van der Waals surface area contributed by atoms with E-state index in [0.29, 0.717) is 18.4 Å². The first-order valence-corrected chi connectivity index (χ1v) is 6.96. The fraction of sp³-hybridized carbons (Fsp3) is 0.250. The van der Waals surface area contributed by atoms with Crippen LogP contribution in [0.2, 0.25) is 0 Å². The molecule has 0 aliphatic rings. The van der Waals surface area contributed by atoms with Gasteiger partial charge in [-0.2, -0.15) is 0 Å². The lowest BCUT2D eigenvalue weighted by Gasteiger charge is -2.18. The van der Waals surface area contributed by atoms with Crippen molar-refractivity contribution in [3.05, 3.63) is 60.2 Å². The number of hydrogen-bond acceptors (Lipinski definition) is 4. The number of benzene rings is 1. The Balaban J connectivity index is 2.03. The molecule has 2 N–H and O–H groups in total. The van der Waals surface area contributed by atoms with Crippen LogP contribution in [-0.4, -0.2) is 33.0 Å². The van der Waals surface area contributed by atoms with Gasteiger partial charge in [-0.15, -0.1) is 0 Å². The van der Waals surface area contributed by atoms with Crippen molar-refractivity contribution in [1.82, 2.24) is 15.3 Å². The fourth-order valence-corrected chi connectivity index (χ4v) is 2.11. The molecule has 1 atom stereocenters. The van der Waals surface area contributed by atoms with Crippen LogP contribution in [0.15, 0.2) is 49.1 Å². The average Bonchev–Trinajstić information content (AvgIpc) is 2.54. The summed E-state index contributed by atoms with van der Waals surface area (Å²) in [7, 11) is 0. The van der Waals surface area contributed by atoms with Crippen molar-refractivity contribution in [3.63, 3.8) is 0 Å². The van der Waals surface area contributed by atoms with Gasteiger partial charge in [0.2, 0.25) is 0 Å². The van der Waals surface area contributed by atoms with E-state index >= 15 is 0 Å². The Morgan fingerprint density at radius 2 is 1.82 bits per heavy atom. The topological polar surface area (TPSA) is 92.2 Å². The molecule has 1 heterocycles. The van der Waals surface area contributed by atoms with Gasteiger partial charge in [0.05, 0.1) is 5.56 Å². The second kappa shape index (κ2) is 7.87. The van der Waals surface area contributed by atoms with Crippen LogP contribution in [-0.2, 0) is 11.2 Å². The molecule has 0 saturated heterocycles. The van der Waals surface area contributed by atoms with Gasteiger partial charge in [-0.05, 0) is 18.4 Å². The summed E-state index contributed by atoms with van der Waals surface area (Å²) in [6.07, 6.45) is 5.15. The molecule has 0 radical (unpaired) electrons. The first-order chi connectivity index (χ1) is 10.6. The van der Waals surface area contributed by atoms with Crippen LogP contribution in [0.1, 0.15) is 28.8 Å². The van der Waals surface area contributed by atoms with Crippen LogP contribution >= 0.6 is 0 Å². The fourth-order valence-electron chi connectivity index (χ4n) is 2.11. The smallest absolute Gasteiger partial charge is 0.303 e. The number of aliphatic carboxylic acids is 1. The predicted molar refractivity (Wildman–Crippen MR) is 80.3 cm³/mol. The molecule has 6 heteroatoms. The normalized spacial score (nSPS) is 11.6. The van der Waals surface area contributed by atoms with E-state index in [0.717, 1.165) is 5.56 Å². The van der Waals surface area contributed by atoms with Crippen molar-refractivity contribution in [1.29, 1.82) is 0 Å². The standard InChI is InChI=1S/C16H17N3O3/c20-15(21)7-6-14(8-12-4-2-1-3-5-12)19-16(22)13-9-17-11-18-10-13/h1-5,9-11,14H,6-8H2,(H,19,22)(H,20,21). The molecule has 2 rings (SSSR count). The third-order valence-electron chi connectivity index (χ3n) is 3.19. The van der Waals surface area contributed by atoms with Crippen molar-refractivity contribution >= 4 is 11.9 Å². The molecule has 6 nitrogen and oxygen atoms in total. The second-order valence-corrected chi connectivity index (χ2v) is 4.92. The van der Waals surface area contributed by atoms with Crippen LogP contribution < -0.4 is 5.32 Å². The Morgan fingerprint density at radius 3 is 2.45 bits per heavy atom. The van der Waals surface area contributed by atoms with E-state index in [4.69, 9.17) is 5.11 Å². The summed E-state index contributed by atoms with van der Waals surface area (Å²) in [6.45, 7) is 0. The number of rotatable bonds is 7. The Hall–Kier alpha value is -2.76. The van der Waals surface area contributed by atoms with E-state index in [9.17, 15) is 9.59 Å². The van der Waals surface area contributed by atoms with E-state index in [2.05, 4.69) is 15.3 Å². The number of carbonyl (C=O) groups is 2. The van der Waals surface area contributed by atoms with Gasteiger partial charge in [0.1, 0.15) is 6.33 Å². The maximum absolute atomic E-state index is 12.2. The van der Waals surface area contributed by atoms with Crippen LogP contribution in [0, 0.1) is 0 Å². The summed E-state index contributed by atoms with van der Waals surface area (Å²) in [6, 6.07) is 9.38. The van der Waals surface area contributed by atoms with Crippen molar-refractivity contribution in [3.8, 4) is 0 Å². The van der Waals surface area contributed by atoms with Crippen LogP contribution in [0.3, 0.4) is 0 Å². The SMILES string of the molecule is O=C(O)CCC(Cc1ccccc1)NC(=O)c1cncnc1. The second-order valence-electron chi connectivity index (χ2n) is 4.92. The first kappa shape index (κ1) is 15.6. The third kappa shape index (κ3) is 4.97. The summed E-state index contributed by atoms with van der Waals surface area (Å²) >= 11 is 0. The van der Waals surface area contributed by atoms with Gasteiger partial charge in [-0.1, -0.05) is 30.3 Å². The van der Waals surface area contributed by atoms with E-state index in [1.54, 1.807) is 0 Å². The summed E-state index contributed by atoms with van der Waals surface area (Å²) in [5.41, 5.74) is 1.40. The molecule has 0 bridgehead atoms. The zero-order valence-electron chi connectivity index (χ0n) is 12.0. The van der Waals surface area contributed by atoms with Crippen molar-refractivity contribution in [2.24, 2.45) is 0 Å². The van der Waals surface area contributed by atoms with Crippen molar-refractivity contribution in [2.75, 3.05) is 0 Å². The molecule has 0 spiro atoms. The molecule has 2 aromatic rings. The lowest BCUT2D eigenvalue weighted by atomic mass is 10.0. The maximum atomic E-state index is 12.2. The molecule has 22 heavy (non-hydrogen) atoms. The van der Waals surface area contributed by atoms with Gasteiger partial charge >= 0.3 is 5.97 Å².